The van der Waals surface area contributed by atoms with Gasteiger partial charge in [0.15, 0.2) is 0 Å². The largest absolute Gasteiger partial charge is 0.459 e. The lowest BCUT2D eigenvalue weighted by atomic mass is 10.1. The van der Waals surface area contributed by atoms with E-state index < -0.39 is 25.8 Å². The van der Waals surface area contributed by atoms with E-state index in [9.17, 15) is 14.2 Å². The summed E-state index contributed by atoms with van der Waals surface area (Å²) in [7, 11) is -3.95. The molecule has 0 unspecified atom stereocenters. The monoisotopic (exact) mass is 577 g/mol. The van der Waals surface area contributed by atoms with E-state index in [1.807, 2.05) is 96.0 Å². The van der Waals surface area contributed by atoms with Crippen LogP contribution in [0.25, 0.3) is 0 Å². The minimum atomic E-state index is -3.95. The summed E-state index contributed by atoms with van der Waals surface area (Å²) < 4.78 is 31.5. The number of hydrazine groups is 1. The van der Waals surface area contributed by atoms with Crippen LogP contribution in [0, 0.1) is 0 Å². The van der Waals surface area contributed by atoms with Crippen LogP contribution in [0.15, 0.2) is 91.0 Å². The number of carbonyl (C=O) groups is 2. The molecule has 0 radical (unpaired) electrons. The fourth-order valence-electron chi connectivity index (χ4n) is 5.10. The van der Waals surface area contributed by atoms with Crippen molar-refractivity contribution in [2.75, 3.05) is 13.1 Å². The first-order chi connectivity index (χ1) is 20.0. The average molecular weight is 578 g/mol. The second-order valence-electron chi connectivity index (χ2n) is 10.2. The molecule has 2 heterocycles. The molecule has 1 N–H and O–H groups in total. The Morgan fingerprint density at radius 2 is 1.24 bits per heavy atom. The zero-order chi connectivity index (χ0) is 28.5. The maximum atomic E-state index is 14.1. The van der Waals surface area contributed by atoms with Gasteiger partial charge < -0.3 is 4.74 Å². The number of ether oxygens (including phenoxy) is 1. The van der Waals surface area contributed by atoms with Crippen molar-refractivity contribution in [1.29, 1.82) is 0 Å². The van der Waals surface area contributed by atoms with E-state index in [0.29, 0.717) is 32.4 Å². The molecule has 3 aromatic rings. The predicted molar refractivity (Wildman–Crippen MR) is 154 cm³/mol. The smallest absolute Gasteiger partial charge is 0.406 e. The van der Waals surface area contributed by atoms with Gasteiger partial charge >= 0.3 is 13.7 Å². The number of esters is 1. The van der Waals surface area contributed by atoms with Gasteiger partial charge in [-0.05, 0) is 42.4 Å². The van der Waals surface area contributed by atoms with Crippen molar-refractivity contribution in [3.05, 3.63) is 108 Å². The molecule has 2 atom stereocenters. The topological polar surface area (TPSA) is 97.4 Å². The number of benzene rings is 3. The molecule has 5 rings (SSSR count). The number of nitrogens with zero attached hydrogens (tertiary/aromatic N) is 2. The molecule has 216 valence electrons. The number of carbonyl (C=O) groups excluding carboxylic acids is 2. The van der Waals surface area contributed by atoms with Crippen molar-refractivity contribution in [3.8, 4) is 0 Å². The highest BCUT2D eigenvalue weighted by molar-refractivity contribution is 7.51. The fourth-order valence-corrected chi connectivity index (χ4v) is 6.58. The number of hydrogen-bond donors (Lipinski definition) is 1. The van der Waals surface area contributed by atoms with E-state index >= 15 is 0 Å². The summed E-state index contributed by atoms with van der Waals surface area (Å²) in [5.74, 6) is -0.785. The third-order valence-corrected chi connectivity index (χ3v) is 8.79. The summed E-state index contributed by atoms with van der Waals surface area (Å²) in [5.41, 5.74) is 2.53. The van der Waals surface area contributed by atoms with Crippen LogP contribution in [-0.2, 0) is 47.8 Å². The van der Waals surface area contributed by atoms with Crippen molar-refractivity contribution < 1.29 is 27.9 Å². The first-order valence-electron chi connectivity index (χ1n) is 14.0. The van der Waals surface area contributed by atoms with Gasteiger partial charge in [0.05, 0.1) is 19.3 Å². The van der Waals surface area contributed by atoms with Crippen LogP contribution in [0.1, 0.15) is 42.4 Å². The molecule has 2 saturated heterocycles. The Morgan fingerprint density at radius 1 is 0.756 bits per heavy atom. The van der Waals surface area contributed by atoms with E-state index in [4.69, 9.17) is 13.8 Å². The maximum absolute atomic E-state index is 14.1. The average Bonchev–Trinajstić information content (AvgIpc) is 3.17. The molecule has 2 fully saturated rings. The molecule has 3 aromatic carbocycles. The fraction of sp³-hybridized carbons (Fsp3) is 0.355. The van der Waals surface area contributed by atoms with Crippen molar-refractivity contribution in [3.63, 3.8) is 0 Å². The summed E-state index contributed by atoms with van der Waals surface area (Å²) in [6.07, 6.45) is 2.36. The number of fused-ring (bicyclic) bond motifs is 1. The Labute approximate surface area is 241 Å². The molecule has 0 aliphatic carbocycles. The van der Waals surface area contributed by atoms with Gasteiger partial charge in [-0.15, -0.1) is 0 Å². The first kappa shape index (κ1) is 29.2. The molecule has 0 aromatic heterocycles. The Kier molecular flexibility index (Phi) is 9.98. The maximum Gasteiger partial charge on any atom is 0.406 e. The predicted octanol–water partition coefficient (Wildman–Crippen LogP) is 5.23. The second kappa shape index (κ2) is 14.0. The molecule has 2 aliphatic rings. The Balaban J connectivity index is 1.31. The molecule has 41 heavy (non-hydrogen) atoms. The molecule has 1 amide bonds. The van der Waals surface area contributed by atoms with Gasteiger partial charge in [0.25, 0.3) is 5.91 Å². The molecule has 10 heteroatoms. The molecule has 2 aliphatic heterocycles. The SMILES string of the molecule is O=C(OCc1ccccc1)[C@@H]1CCCN2CCC[C@H](NP(=O)(OCc3ccccc3)OCc3ccccc3)C(=O)N12. The van der Waals surface area contributed by atoms with Crippen LogP contribution in [-0.4, -0.2) is 47.1 Å². The first-order valence-corrected chi connectivity index (χ1v) is 15.6. The van der Waals surface area contributed by atoms with Gasteiger partial charge in [0.2, 0.25) is 0 Å². The molecule has 9 nitrogen and oxygen atoms in total. The molecule has 0 spiro atoms. The molecule has 0 bridgehead atoms. The van der Waals surface area contributed by atoms with Crippen LogP contribution >= 0.6 is 7.75 Å². The standard InChI is InChI=1S/C31H36N3O6P/c35-30-28(32-41(37,39-23-26-14-6-2-7-15-26)40-24-27-16-8-3-9-17-27)18-10-20-33-21-11-19-29(34(30)33)31(36)38-22-25-12-4-1-5-13-25/h1-9,12-17,28-29H,10-11,18-24H2,(H,32,37)/t28-,29-/m0/s1. The number of rotatable bonds is 11. The van der Waals surface area contributed by atoms with Crippen molar-refractivity contribution in [2.24, 2.45) is 0 Å². The normalized spacial score (nSPS) is 19.8. The highest BCUT2D eigenvalue weighted by Gasteiger charge is 2.44. The van der Waals surface area contributed by atoms with E-state index in [2.05, 4.69) is 5.09 Å². The Bertz CT molecular complexity index is 1280. The zero-order valence-electron chi connectivity index (χ0n) is 23.0. The summed E-state index contributed by atoms with van der Waals surface area (Å²) in [6, 6.07) is 26.6. The molecular formula is C31H36N3O6P. The summed E-state index contributed by atoms with van der Waals surface area (Å²) in [5, 5.41) is 6.39. The number of nitrogens with one attached hydrogen (secondary N) is 1. The number of amides is 1. The van der Waals surface area contributed by atoms with Crippen molar-refractivity contribution >= 4 is 19.6 Å². The van der Waals surface area contributed by atoms with Gasteiger partial charge in [0, 0.05) is 13.1 Å². The van der Waals surface area contributed by atoms with E-state index in [1.165, 1.54) is 5.01 Å². The van der Waals surface area contributed by atoms with Gasteiger partial charge in [0.1, 0.15) is 12.6 Å². The minimum absolute atomic E-state index is 0.0467. The van der Waals surface area contributed by atoms with Crippen LogP contribution in [0.4, 0.5) is 0 Å². The highest BCUT2D eigenvalue weighted by Crippen LogP contribution is 2.47. The van der Waals surface area contributed by atoms with Gasteiger partial charge in [-0.3, -0.25) is 18.9 Å². The van der Waals surface area contributed by atoms with E-state index in [-0.39, 0.29) is 25.7 Å². The van der Waals surface area contributed by atoms with Crippen LogP contribution in [0.5, 0.6) is 0 Å². The van der Waals surface area contributed by atoms with Crippen LogP contribution in [0.2, 0.25) is 0 Å². The van der Waals surface area contributed by atoms with Gasteiger partial charge in [-0.1, -0.05) is 91.0 Å². The van der Waals surface area contributed by atoms with Crippen molar-refractivity contribution in [1.82, 2.24) is 15.1 Å². The van der Waals surface area contributed by atoms with Gasteiger partial charge in [-0.25, -0.2) is 19.5 Å². The van der Waals surface area contributed by atoms with Gasteiger partial charge in [-0.2, -0.15) is 0 Å². The van der Waals surface area contributed by atoms with Crippen LogP contribution < -0.4 is 5.09 Å². The number of hydrogen-bond acceptors (Lipinski definition) is 7. The van der Waals surface area contributed by atoms with E-state index in [0.717, 1.165) is 23.1 Å². The quantitative estimate of drug-likeness (QED) is 0.245. The molecular weight excluding hydrogens is 541 g/mol. The zero-order valence-corrected chi connectivity index (χ0v) is 23.9. The summed E-state index contributed by atoms with van der Waals surface area (Å²) >= 11 is 0. The Hall–Kier alpha value is -3.33. The third-order valence-electron chi connectivity index (χ3n) is 7.22. The van der Waals surface area contributed by atoms with Crippen LogP contribution in [0.3, 0.4) is 0 Å². The lowest BCUT2D eigenvalue weighted by Gasteiger charge is -2.42. The summed E-state index contributed by atoms with van der Waals surface area (Å²) in [6.45, 7) is 1.49. The minimum Gasteiger partial charge on any atom is -0.459 e. The lowest BCUT2D eigenvalue weighted by Crippen LogP contribution is -2.60. The Morgan fingerprint density at radius 3 is 1.78 bits per heavy atom. The second-order valence-corrected chi connectivity index (χ2v) is 12.0. The third kappa shape index (κ3) is 7.91. The molecule has 0 saturated carbocycles. The van der Waals surface area contributed by atoms with Crippen molar-refractivity contribution in [2.45, 2.75) is 57.6 Å². The lowest BCUT2D eigenvalue weighted by molar-refractivity contribution is -0.178. The summed E-state index contributed by atoms with van der Waals surface area (Å²) in [4.78, 5) is 27.2. The van der Waals surface area contributed by atoms with E-state index in [1.54, 1.807) is 0 Å². The highest BCUT2D eigenvalue weighted by atomic mass is 31.2.